The van der Waals surface area contributed by atoms with Gasteiger partial charge in [-0.25, -0.2) is 0 Å². The minimum absolute atomic E-state index is 0.985. The van der Waals surface area contributed by atoms with Gasteiger partial charge in [-0.1, -0.05) is 127 Å². The van der Waals surface area contributed by atoms with Crippen LogP contribution < -0.4 is 0 Å². The third-order valence-electron chi connectivity index (χ3n) is 5.81. The van der Waals surface area contributed by atoms with Crippen molar-refractivity contribution in [2.75, 3.05) is 0 Å². The van der Waals surface area contributed by atoms with Crippen molar-refractivity contribution in [2.24, 2.45) is 0 Å². The maximum Gasteiger partial charge on any atom is 0.0399 e. The van der Waals surface area contributed by atoms with Crippen molar-refractivity contribution in [3.8, 4) is 23.7 Å². The highest BCUT2D eigenvalue weighted by Gasteiger charge is 2.03. The molecule has 32 heavy (non-hydrogen) atoms. The van der Waals surface area contributed by atoms with Gasteiger partial charge >= 0.3 is 0 Å². The van der Waals surface area contributed by atoms with Crippen LogP contribution >= 0.6 is 31.9 Å². The Morgan fingerprint density at radius 3 is 1.16 bits per heavy atom. The lowest BCUT2D eigenvalue weighted by molar-refractivity contribution is 0.579. The summed E-state index contributed by atoms with van der Waals surface area (Å²) in [5.41, 5.74) is 2.09. The Kier molecular flexibility index (Phi) is 19.1. The number of hydrogen-bond donors (Lipinski definition) is 0. The maximum absolute atomic E-state index is 3.68. The lowest BCUT2D eigenvalue weighted by Gasteiger charge is -2.02. The molecule has 178 valence electrons. The van der Waals surface area contributed by atoms with Crippen LogP contribution in [-0.2, 0) is 0 Å². The molecule has 1 rings (SSSR count). The van der Waals surface area contributed by atoms with E-state index in [4.69, 9.17) is 0 Å². The van der Waals surface area contributed by atoms with E-state index >= 15 is 0 Å². The Labute approximate surface area is 216 Å². The van der Waals surface area contributed by atoms with Crippen LogP contribution in [0.1, 0.15) is 141 Å². The Morgan fingerprint density at radius 1 is 0.500 bits per heavy atom. The fraction of sp³-hybridized carbons (Fsp3) is 0.667. The number of hydrogen-bond acceptors (Lipinski definition) is 0. The van der Waals surface area contributed by atoms with E-state index in [9.17, 15) is 0 Å². The van der Waals surface area contributed by atoms with E-state index in [0.29, 0.717) is 0 Å². The highest BCUT2D eigenvalue weighted by Crippen LogP contribution is 2.25. The Balaban J connectivity index is 2.29. The van der Waals surface area contributed by atoms with Crippen molar-refractivity contribution >= 4 is 31.9 Å². The molecule has 0 aliphatic heterocycles. The second-order valence-electron chi connectivity index (χ2n) is 8.87. The molecule has 0 nitrogen and oxygen atoms in total. The van der Waals surface area contributed by atoms with E-state index in [1.165, 1.54) is 103 Å². The van der Waals surface area contributed by atoms with Gasteiger partial charge in [0, 0.05) is 32.9 Å². The van der Waals surface area contributed by atoms with Crippen LogP contribution in [0.25, 0.3) is 0 Å². The molecule has 0 saturated heterocycles. The third kappa shape index (κ3) is 15.2. The van der Waals surface area contributed by atoms with Gasteiger partial charge in [0.05, 0.1) is 0 Å². The first kappa shape index (κ1) is 29.3. The molecule has 0 radical (unpaired) electrons. The zero-order valence-corrected chi connectivity index (χ0v) is 23.8. The summed E-state index contributed by atoms with van der Waals surface area (Å²) < 4.78 is 2.08. The Morgan fingerprint density at radius 2 is 0.812 bits per heavy atom. The van der Waals surface area contributed by atoms with Crippen LogP contribution in [0.4, 0.5) is 0 Å². The van der Waals surface area contributed by atoms with E-state index in [2.05, 4.69) is 81.5 Å². The summed E-state index contributed by atoms with van der Waals surface area (Å²) in [5.74, 6) is 13.4. The minimum Gasteiger partial charge on any atom is -0.0979 e. The van der Waals surface area contributed by atoms with Crippen LogP contribution in [0.15, 0.2) is 21.1 Å². The predicted molar refractivity (Wildman–Crippen MR) is 150 cm³/mol. The summed E-state index contributed by atoms with van der Waals surface area (Å²) in [4.78, 5) is 0. The molecule has 0 bridgehead atoms. The van der Waals surface area contributed by atoms with E-state index in [0.717, 1.165) is 32.9 Å². The Hall–Kier alpha value is -0.700. The van der Waals surface area contributed by atoms with Gasteiger partial charge in [0.15, 0.2) is 0 Å². The Bertz CT molecular complexity index is 663. The molecule has 0 aliphatic rings. The van der Waals surface area contributed by atoms with E-state index in [-0.39, 0.29) is 0 Å². The molecule has 0 aromatic heterocycles. The summed E-state index contributed by atoms with van der Waals surface area (Å²) in [7, 11) is 0. The molecule has 1 aromatic carbocycles. The normalized spacial score (nSPS) is 10.4. The molecular formula is C30H44Br2. The number of unbranched alkanes of at least 4 members (excludes halogenated alkanes) is 16. The van der Waals surface area contributed by atoms with E-state index in [1.54, 1.807) is 0 Å². The van der Waals surface area contributed by atoms with E-state index in [1.807, 2.05) is 0 Å². The highest BCUT2D eigenvalue weighted by molar-refractivity contribution is 9.11. The zero-order valence-electron chi connectivity index (χ0n) is 20.6. The molecule has 0 heterocycles. The molecule has 1 aromatic rings. The van der Waals surface area contributed by atoms with Gasteiger partial charge in [-0.2, -0.15) is 0 Å². The predicted octanol–water partition coefficient (Wildman–Crippen LogP) is 11.0. The fourth-order valence-corrected chi connectivity index (χ4v) is 4.63. The van der Waals surface area contributed by atoms with Crippen LogP contribution in [0.3, 0.4) is 0 Å². The van der Waals surface area contributed by atoms with Gasteiger partial charge in [0.1, 0.15) is 0 Å². The van der Waals surface area contributed by atoms with Crippen molar-refractivity contribution in [1.82, 2.24) is 0 Å². The largest absolute Gasteiger partial charge is 0.0979 e. The van der Waals surface area contributed by atoms with Gasteiger partial charge in [0.2, 0.25) is 0 Å². The number of halogens is 2. The summed E-state index contributed by atoms with van der Waals surface area (Å²) in [5, 5.41) is 0. The zero-order chi connectivity index (χ0) is 23.3. The van der Waals surface area contributed by atoms with Gasteiger partial charge in [-0.05, 0) is 56.8 Å². The molecule has 2 heteroatoms. The highest BCUT2D eigenvalue weighted by atomic mass is 79.9. The second-order valence-corrected chi connectivity index (χ2v) is 10.6. The van der Waals surface area contributed by atoms with Crippen LogP contribution in [0.2, 0.25) is 0 Å². The minimum atomic E-state index is 0.985. The number of rotatable bonds is 16. The third-order valence-corrected chi connectivity index (χ3v) is 7.13. The number of benzene rings is 1. The molecular weight excluding hydrogens is 520 g/mol. The quantitative estimate of drug-likeness (QED) is 0.138. The molecule has 0 aliphatic carbocycles. The monoisotopic (exact) mass is 562 g/mol. The van der Waals surface area contributed by atoms with Crippen LogP contribution in [-0.4, -0.2) is 0 Å². The van der Waals surface area contributed by atoms with Crippen molar-refractivity contribution < 1.29 is 0 Å². The molecule has 0 fully saturated rings. The van der Waals surface area contributed by atoms with Crippen molar-refractivity contribution in [2.45, 2.75) is 129 Å². The van der Waals surface area contributed by atoms with Crippen molar-refractivity contribution in [1.29, 1.82) is 0 Å². The molecule has 0 spiro atoms. The topological polar surface area (TPSA) is 0 Å². The van der Waals surface area contributed by atoms with Crippen molar-refractivity contribution in [3.05, 3.63) is 32.2 Å². The lowest BCUT2D eigenvalue weighted by atomic mass is 10.1. The lowest BCUT2D eigenvalue weighted by Crippen LogP contribution is -1.85. The molecule has 0 amide bonds. The summed E-state index contributed by atoms with van der Waals surface area (Å²) >= 11 is 7.37. The first-order valence-corrected chi connectivity index (χ1v) is 14.7. The first-order valence-electron chi connectivity index (χ1n) is 13.2. The first-order chi connectivity index (χ1) is 15.7. The van der Waals surface area contributed by atoms with E-state index < -0.39 is 0 Å². The molecule has 0 saturated carbocycles. The maximum atomic E-state index is 3.68. The average Bonchev–Trinajstić information content (AvgIpc) is 2.79. The van der Waals surface area contributed by atoms with Crippen LogP contribution in [0, 0.1) is 23.7 Å². The molecule has 0 unspecified atom stereocenters. The summed E-state index contributed by atoms with van der Waals surface area (Å²) in [6.45, 7) is 4.55. The smallest absolute Gasteiger partial charge is 0.0399 e. The second kappa shape index (κ2) is 20.9. The van der Waals surface area contributed by atoms with Gasteiger partial charge < -0.3 is 0 Å². The van der Waals surface area contributed by atoms with Crippen molar-refractivity contribution in [3.63, 3.8) is 0 Å². The average molecular weight is 564 g/mol. The summed E-state index contributed by atoms with van der Waals surface area (Å²) in [6, 6.07) is 4.20. The van der Waals surface area contributed by atoms with Gasteiger partial charge in [0.25, 0.3) is 0 Å². The SMILES string of the molecule is CCCCCCCCCCC#Cc1cc(Br)c(C#CCCCCCCCCCC)cc1Br. The van der Waals surface area contributed by atoms with Gasteiger partial charge in [-0.3, -0.25) is 0 Å². The standard InChI is InChI=1S/C30H44Br2/c1-3-5-7-9-11-13-15-17-19-21-23-27-25-30(32)28(26-29(27)31)24-22-20-18-16-14-12-10-8-6-4-2/h25-26H,3-20H2,1-2H3. The molecule has 0 atom stereocenters. The molecule has 0 N–H and O–H groups in total. The fourth-order valence-electron chi connectivity index (χ4n) is 3.75. The van der Waals surface area contributed by atoms with Gasteiger partial charge in [-0.15, -0.1) is 0 Å². The van der Waals surface area contributed by atoms with Crippen LogP contribution in [0.5, 0.6) is 0 Å². The summed E-state index contributed by atoms with van der Waals surface area (Å²) in [6.07, 6.45) is 23.5.